The summed E-state index contributed by atoms with van der Waals surface area (Å²) in [5.41, 5.74) is 3.14. The van der Waals surface area contributed by atoms with E-state index in [-0.39, 0.29) is 18.5 Å². The van der Waals surface area contributed by atoms with Crippen LogP contribution < -0.4 is 5.32 Å². The van der Waals surface area contributed by atoms with Gasteiger partial charge >= 0.3 is 0 Å². The number of aliphatic hydroxyl groups is 1. The molecule has 1 unspecified atom stereocenters. The van der Waals surface area contributed by atoms with Crippen LogP contribution in [-0.4, -0.2) is 11.7 Å². The van der Waals surface area contributed by atoms with Crippen molar-refractivity contribution in [3.8, 4) is 0 Å². The Hall–Kier alpha value is -1.71. The fraction of sp³-hybridized carbons (Fsp3) is 0.333. The lowest BCUT2D eigenvalue weighted by Gasteiger charge is -2.15. The molecule has 0 amide bonds. The number of halogens is 1. The van der Waals surface area contributed by atoms with E-state index in [2.05, 4.69) is 18.3 Å². The van der Waals surface area contributed by atoms with Crippen LogP contribution in [-0.2, 0) is 13.0 Å². The molecule has 0 heterocycles. The summed E-state index contributed by atoms with van der Waals surface area (Å²) >= 11 is 0. The molecule has 0 saturated heterocycles. The van der Waals surface area contributed by atoms with Crippen molar-refractivity contribution >= 4 is 0 Å². The van der Waals surface area contributed by atoms with Crippen molar-refractivity contribution in [2.45, 2.75) is 32.4 Å². The Bertz CT molecular complexity index is 571. The number of nitrogens with one attached hydrogen (secondary N) is 1. The van der Waals surface area contributed by atoms with Gasteiger partial charge in [0.05, 0.1) is 6.61 Å². The van der Waals surface area contributed by atoms with Crippen LogP contribution in [0.4, 0.5) is 4.39 Å². The molecular weight excluding hydrogens is 265 g/mol. The van der Waals surface area contributed by atoms with Gasteiger partial charge < -0.3 is 10.4 Å². The first-order valence-corrected chi connectivity index (χ1v) is 7.36. The predicted octanol–water partition coefficient (Wildman–Crippen LogP) is 3.60. The molecule has 2 nitrogen and oxygen atoms in total. The molecule has 2 aromatic carbocycles. The highest BCUT2D eigenvalue weighted by atomic mass is 19.1. The van der Waals surface area contributed by atoms with Gasteiger partial charge in [0.15, 0.2) is 0 Å². The van der Waals surface area contributed by atoms with Gasteiger partial charge in [-0.25, -0.2) is 4.39 Å². The van der Waals surface area contributed by atoms with Gasteiger partial charge in [0.25, 0.3) is 0 Å². The molecule has 2 aromatic rings. The van der Waals surface area contributed by atoms with E-state index in [0.29, 0.717) is 0 Å². The number of aryl methyl sites for hydroxylation is 1. The molecule has 0 fully saturated rings. The molecular formula is C18H22FNO. The Labute approximate surface area is 125 Å². The zero-order valence-electron chi connectivity index (χ0n) is 12.3. The highest BCUT2D eigenvalue weighted by Crippen LogP contribution is 2.14. The van der Waals surface area contributed by atoms with Crippen molar-refractivity contribution in [2.24, 2.45) is 0 Å². The lowest BCUT2D eigenvalue weighted by molar-refractivity contribution is 0.281. The van der Waals surface area contributed by atoms with Crippen LogP contribution in [0.25, 0.3) is 0 Å². The van der Waals surface area contributed by atoms with Gasteiger partial charge in [0, 0.05) is 6.04 Å². The molecule has 2 N–H and O–H groups in total. The van der Waals surface area contributed by atoms with E-state index < -0.39 is 0 Å². The Balaban J connectivity index is 1.77. The lowest BCUT2D eigenvalue weighted by atomic mass is 10.0. The molecule has 2 rings (SSSR count). The molecule has 0 aromatic heterocycles. The van der Waals surface area contributed by atoms with Crippen LogP contribution in [0.1, 0.15) is 36.1 Å². The lowest BCUT2D eigenvalue weighted by Crippen LogP contribution is -2.20. The SMILES string of the molecule is CC(NCCCc1cccc(F)c1)c1cccc(CO)c1. The van der Waals surface area contributed by atoms with Crippen molar-refractivity contribution in [2.75, 3.05) is 6.54 Å². The van der Waals surface area contributed by atoms with E-state index in [0.717, 1.165) is 30.5 Å². The fourth-order valence-corrected chi connectivity index (χ4v) is 2.38. The summed E-state index contributed by atoms with van der Waals surface area (Å²) < 4.78 is 13.1. The third-order valence-electron chi connectivity index (χ3n) is 3.62. The van der Waals surface area contributed by atoms with Crippen molar-refractivity contribution in [1.29, 1.82) is 0 Å². The molecule has 0 saturated carbocycles. The number of hydrogen-bond acceptors (Lipinski definition) is 2. The molecule has 0 aliphatic rings. The van der Waals surface area contributed by atoms with Gasteiger partial charge in [-0.1, -0.05) is 36.4 Å². The molecule has 21 heavy (non-hydrogen) atoms. The van der Waals surface area contributed by atoms with Crippen LogP contribution in [0.2, 0.25) is 0 Å². The standard InChI is InChI=1S/C18H22FNO/c1-14(17-8-2-6-16(11-17)13-21)20-10-4-7-15-5-3-9-18(19)12-15/h2-3,5-6,8-9,11-12,14,20-21H,4,7,10,13H2,1H3. The number of aliphatic hydroxyl groups excluding tert-OH is 1. The van der Waals surface area contributed by atoms with E-state index in [9.17, 15) is 4.39 Å². The third-order valence-corrected chi connectivity index (χ3v) is 3.62. The largest absolute Gasteiger partial charge is 0.392 e. The summed E-state index contributed by atoms with van der Waals surface area (Å²) in [4.78, 5) is 0. The van der Waals surface area contributed by atoms with E-state index in [1.165, 1.54) is 11.6 Å². The summed E-state index contributed by atoms with van der Waals surface area (Å²) in [6.07, 6.45) is 1.83. The van der Waals surface area contributed by atoms with E-state index in [1.54, 1.807) is 12.1 Å². The van der Waals surface area contributed by atoms with E-state index in [1.807, 2.05) is 24.3 Å². The smallest absolute Gasteiger partial charge is 0.123 e. The zero-order valence-corrected chi connectivity index (χ0v) is 12.3. The van der Waals surface area contributed by atoms with Crippen LogP contribution in [0.15, 0.2) is 48.5 Å². The first-order valence-electron chi connectivity index (χ1n) is 7.36. The van der Waals surface area contributed by atoms with Gasteiger partial charge in [0.1, 0.15) is 5.82 Å². The van der Waals surface area contributed by atoms with Crippen LogP contribution in [0.5, 0.6) is 0 Å². The van der Waals surface area contributed by atoms with Crippen LogP contribution >= 0.6 is 0 Å². The monoisotopic (exact) mass is 287 g/mol. The molecule has 0 radical (unpaired) electrons. The van der Waals surface area contributed by atoms with E-state index >= 15 is 0 Å². The topological polar surface area (TPSA) is 32.3 Å². The second-order valence-electron chi connectivity index (χ2n) is 5.31. The van der Waals surface area contributed by atoms with Crippen LogP contribution in [0.3, 0.4) is 0 Å². The Morgan fingerprint density at radius 3 is 2.62 bits per heavy atom. The fourth-order valence-electron chi connectivity index (χ4n) is 2.38. The van der Waals surface area contributed by atoms with Gasteiger partial charge in [-0.15, -0.1) is 0 Å². The summed E-state index contributed by atoms with van der Waals surface area (Å²) in [5, 5.41) is 12.6. The van der Waals surface area contributed by atoms with Gasteiger partial charge in [-0.05, 0) is 55.1 Å². The highest BCUT2D eigenvalue weighted by Gasteiger charge is 2.05. The molecule has 3 heteroatoms. The minimum Gasteiger partial charge on any atom is -0.392 e. The molecule has 0 spiro atoms. The summed E-state index contributed by atoms with van der Waals surface area (Å²) in [6.45, 7) is 3.06. The van der Waals surface area contributed by atoms with Crippen molar-refractivity contribution in [3.63, 3.8) is 0 Å². The van der Waals surface area contributed by atoms with Crippen molar-refractivity contribution < 1.29 is 9.50 Å². The second-order valence-corrected chi connectivity index (χ2v) is 5.31. The zero-order chi connectivity index (χ0) is 15.1. The first kappa shape index (κ1) is 15.7. The van der Waals surface area contributed by atoms with Crippen molar-refractivity contribution in [3.05, 3.63) is 71.0 Å². The second kappa shape index (κ2) is 7.91. The maximum absolute atomic E-state index is 13.1. The predicted molar refractivity (Wildman–Crippen MR) is 83.5 cm³/mol. The number of rotatable bonds is 7. The maximum atomic E-state index is 13.1. The average molecular weight is 287 g/mol. The van der Waals surface area contributed by atoms with Crippen LogP contribution in [0, 0.1) is 5.82 Å². The molecule has 112 valence electrons. The average Bonchev–Trinajstić information content (AvgIpc) is 2.51. The summed E-state index contributed by atoms with van der Waals surface area (Å²) in [7, 11) is 0. The summed E-state index contributed by atoms with van der Waals surface area (Å²) in [5.74, 6) is -0.172. The summed E-state index contributed by atoms with van der Waals surface area (Å²) in [6, 6.07) is 15.0. The van der Waals surface area contributed by atoms with Crippen molar-refractivity contribution in [1.82, 2.24) is 5.32 Å². The maximum Gasteiger partial charge on any atom is 0.123 e. The highest BCUT2D eigenvalue weighted by molar-refractivity contribution is 5.25. The van der Waals surface area contributed by atoms with Gasteiger partial charge in [-0.2, -0.15) is 0 Å². The minimum absolute atomic E-state index is 0.0696. The Morgan fingerprint density at radius 1 is 1.10 bits per heavy atom. The van der Waals surface area contributed by atoms with Gasteiger partial charge in [-0.3, -0.25) is 0 Å². The van der Waals surface area contributed by atoms with Gasteiger partial charge in [0.2, 0.25) is 0 Å². The van der Waals surface area contributed by atoms with E-state index in [4.69, 9.17) is 5.11 Å². The Morgan fingerprint density at radius 2 is 1.86 bits per heavy atom. The first-order chi connectivity index (χ1) is 10.2. The number of benzene rings is 2. The third kappa shape index (κ3) is 4.96. The molecule has 0 aliphatic carbocycles. The Kier molecular flexibility index (Phi) is 5.90. The molecule has 1 atom stereocenters. The normalized spacial score (nSPS) is 12.3. The molecule has 0 bridgehead atoms. The molecule has 0 aliphatic heterocycles. The quantitative estimate of drug-likeness (QED) is 0.763. The number of hydrogen-bond donors (Lipinski definition) is 2. The minimum atomic E-state index is -0.172.